The molecule has 2 spiro atoms. The van der Waals surface area contributed by atoms with E-state index in [-0.39, 0.29) is 74.1 Å². The van der Waals surface area contributed by atoms with Gasteiger partial charge in [0.25, 0.3) is 0 Å². The summed E-state index contributed by atoms with van der Waals surface area (Å²) < 4.78 is 37.3. The fourth-order valence-corrected chi connectivity index (χ4v) is 7.99. The number of benzene rings is 2. The number of anilines is 2. The number of hydrogen-bond donors (Lipinski definition) is 5. The molecular formula is C40H47BF2N6NaO6. The van der Waals surface area contributed by atoms with Gasteiger partial charge in [0.05, 0.1) is 18.6 Å². The number of Topliss-reactive ketones (excluding diaryl/α,β-unsaturated/α-hetero) is 1. The number of aliphatic hydroxyl groups is 1. The minimum atomic E-state index is -0.693. The molecule has 2 aromatic heterocycles. The van der Waals surface area contributed by atoms with Gasteiger partial charge < -0.3 is 46.4 Å². The van der Waals surface area contributed by atoms with Gasteiger partial charge in [-0.05, 0) is 88.1 Å². The maximum Gasteiger partial charge on any atom is 1.00 e. The number of carbonyl (C=O) groups is 3. The van der Waals surface area contributed by atoms with E-state index < -0.39 is 11.9 Å². The molecule has 8 rings (SSSR count). The molecule has 0 saturated carbocycles. The minimum absolute atomic E-state index is 0. The number of likely N-dealkylation sites (tertiary alicyclic amines) is 2. The van der Waals surface area contributed by atoms with Gasteiger partial charge >= 0.3 is 41.6 Å². The normalized spacial score (nSPS) is 18.8. The Balaban J connectivity index is 0.000000240. The quantitative estimate of drug-likeness (QED) is 0.198. The first kappa shape index (κ1) is 42.8. The van der Waals surface area contributed by atoms with Crippen LogP contribution in [0.4, 0.5) is 29.7 Å². The number of ketones is 1. The average molecular weight is 780 g/mol. The topological polar surface area (TPSA) is 152 Å². The number of rotatable bonds is 4. The zero-order valence-electron chi connectivity index (χ0n) is 33.1. The number of aryl methyl sites for hydroxylation is 2. The third-order valence-electron chi connectivity index (χ3n) is 11.3. The molecule has 2 saturated heterocycles. The summed E-state index contributed by atoms with van der Waals surface area (Å²) in [6.45, 7) is 6.94. The van der Waals surface area contributed by atoms with Crippen LogP contribution < -0.4 is 50.8 Å². The van der Waals surface area contributed by atoms with Crippen LogP contribution in [0.1, 0.15) is 84.6 Å². The molecule has 6 heterocycles. The van der Waals surface area contributed by atoms with E-state index in [0.29, 0.717) is 81.8 Å². The molecule has 0 unspecified atom stereocenters. The van der Waals surface area contributed by atoms with Crippen molar-refractivity contribution in [3.63, 3.8) is 0 Å². The Kier molecular flexibility index (Phi) is 13.7. The molecule has 12 nitrogen and oxygen atoms in total. The number of fused-ring (bicyclic) bond motifs is 2. The van der Waals surface area contributed by atoms with E-state index in [1.54, 1.807) is 34.5 Å². The van der Waals surface area contributed by atoms with Crippen LogP contribution in [0.5, 0.6) is 0 Å². The molecule has 0 aliphatic carbocycles. The van der Waals surface area contributed by atoms with Crippen molar-refractivity contribution in [1.82, 2.24) is 20.4 Å². The monoisotopic (exact) mass is 779 g/mol. The Morgan fingerprint density at radius 3 is 1.80 bits per heavy atom. The van der Waals surface area contributed by atoms with Gasteiger partial charge in [0, 0.05) is 105 Å². The first-order chi connectivity index (χ1) is 25.9. The van der Waals surface area contributed by atoms with Crippen LogP contribution in [0.2, 0.25) is 0 Å². The average Bonchev–Trinajstić information content (AvgIpc) is 3.77. The summed E-state index contributed by atoms with van der Waals surface area (Å²) in [5.74, 6) is 0.817. The first-order valence-electron chi connectivity index (χ1n) is 18.4. The van der Waals surface area contributed by atoms with Crippen LogP contribution in [-0.2, 0) is 13.1 Å². The van der Waals surface area contributed by atoms with Crippen molar-refractivity contribution >= 4 is 37.6 Å². The fraction of sp³-hybridized carbons (Fsp3) is 0.425. The summed E-state index contributed by atoms with van der Waals surface area (Å²) in [5, 5.41) is 23.3. The van der Waals surface area contributed by atoms with Crippen LogP contribution in [-0.4, -0.2) is 78.4 Å². The number of carbonyl (C=O) groups excluding carboxylic acids is 3. The number of piperidine rings is 2. The first-order valence-corrected chi connectivity index (χ1v) is 18.4. The van der Waals surface area contributed by atoms with Crippen LogP contribution >= 0.6 is 0 Å². The van der Waals surface area contributed by atoms with E-state index in [9.17, 15) is 28.3 Å². The summed E-state index contributed by atoms with van der Waals surface area (Å²) in [4.78, 5) is 40.9. The molecule has 5 N–H and O–H groups in total. The minimum Gasteiger partial charge on any atom is -1.00 e. The Morgan fingerprint density at radius 1 is 0.804 bits per heavy atom. The molecule has 2 aromatic carbocycles. The van der Waals surface area contributed by atoms with Crippen molar-refractivity contribution in [3.05, 3.63) is 106 Å². The molecular weight excluding hydrogens is 732 g/mol. The van der Waals surface area contributed by atoms with Gasteiger partial charge in [-0.1, -0.05) is 0 Å². The van der Waals surface area contributed by atoms with E-state index in [4.69, 9.17) is 8.83 Å². The van der Waals surface area contributed by atoms with E-state index in [1.165, 1.54) is 24.3 Å². The molecule has 3 radical (unpaired) electrons. The van der Waals surface area contributed by atoms with Crippen LogP contribution in [0.3, 0.4) is 0 Å². The number of nitrogens with zero attached hydrogens (tertiary/aromatic N) is 2. The summed E-state index contributed by atoms with van der Waals surface area (Å²) in [7, 11) is 0. The zero-order chi connectivity index (χ0) is 38.0. The summed E-state index contributed by atoms with van der Waals surface area (Å²) in [5.41, 5.74) is 3.79. The van der Waals surface area contributed by atoms with Crippen LogP contribution in [0, 0.1) is 25.5 Å². The van der Waals surface area contributed by atoms with Gasteiger partial charge in [0.15, 0.2) is 5.78 Å². The standard InChI is InChI=1S/C20H24FN3O3.C20H22FN3O3.B.Na.H/c2*1-13-14(4-9-27-13)12-22-19(26)24-7-5-20(6-8-24)11-18(25)16-10-15(21)2-3-17(16)23-20;;;/h2-4,9-10,18,23,25H,5-8,11-12H2,1H3,(H,22,26);2-4,9-10,23H,5-8,11-12H2,1H3,(H,22,26);;;/q;;;+1;-1/t18-;;;;/m1..../s1. The number of halogens is 2. The van der Waals surface area contributed by atoms with Gasteiger partial charge in [-0.3, -0.25) is 4.79 Å². The summed E-state index contributed by atoms with van der Waals surface area (Å²) >= 11 is 0. The Hall–Kier alpha value is -4.31. The van der Waals surface area contributed by atoms with Crippen molar-refractivity contribution in [2.45, 2.75) is 82.6 Å². The molecule has 16 heteroatoms. The molecule has 4 aliphatic heterocycles. The Bertz CT molecular complexity index is 2030. The molecule has 291 valence electrons. The van der Waals surface area contributed by atoms with E-state index >= 15 is 0 Å². The van der Waals surface area contributed by atoms with Crippen molar-refractivity contribution in [2.24, 2.45) is 0 Å². The van der Waals surface area contributed by atoms with Crippen molar-refractivity contribution in [1.29, 1.82) is 0 Å². The summed E-state index contributed by atoms with van der Waals surface area (Å²) in [6, 6.07) is 12.2. The SMILES string of the molecule is Cc1occc1CNC(=O)N1CCC2(CC1)CC(=O)c1cc(F)ccc1N2.Cc1occc1CNC(=O)N1CCC2(CC1)C[C@@H](O)c1cc(F)ccc1N2.[B].[H-].[Na+]. The molecule has 4 amide bonds. The predicted molar refractivity (Wildman–Crippen MR) is 204 cm³/mol. The Labute approximate surface area is 350 Å². The van der Waals surface area contributed by atoms with Crippen molar-refractivity contribution in [2.75, 3.05) is 36.8 Å². The van der Waals surface area contributed by atoms with Gasteiger partial charge in [-0.15, -0.1) is 0 Å². The van der Waals surface area contributed by atoms with Gasteiger partial charge in [0.1, 0.15) is 23.2 Å². The number of urea groups is 2. The zero-order valence-corrected chi connectivity index (χ0v) is 34.1. The van der Waals surface area contributed by atoms with Crippen LogP contribution in [0.15, 0.2) is 69.9 Å². The third kappa shape index (κ3) is 9.45. The van der Waals surface area contributed by atoms with E-state index in [1.807, 2.05) is 26.0 Å². The van der Waals surface area contributed by atoms with E-state index in [2.05, 4.69) is 21.3 Å². The Morgan fingerprint density at radius 2 is 1.29 bits per heavy atom. The fourth-order valence-electron chi connectivity index (χ4n) is 7.99. The number of amides is 4. The smallest absolute Gasteiger partial charge is 1.00 e. The molecule has 1 atom stereocenters. The van der Waals surface area contributed by atoms with Gasteiger partial charge in [-0.2, -0.15) is 0 Å². The molecule has 56 heavy (non-hydrogen) atoms. The molecule has 4 aromatic rings. The summed E-state index contributed by atoms with van der Waals surface area (Å²) in [6.07, 6.45) is 6.20. The number of aliphatic hydroxyl groups excluding tert-OH is 1. The van der Waals surface area contributed by atoms with Crippen molar-refractivity contribution in [3.8, 4) is 0 Å². The maximum atomic E-state index is 13.4. The number of nitrogens with one attached hydrogen (secondary N) is 4. The largest absolute Gasteiger partial charge is 1.00 e. The van der Waals surface area contributed by atoms with E-state index in [0.717, 1.165) is 41.2 Å². The number of hydrogen-bond acceptors (Lipinski definition) is 8. The second kappa shape index (κ2) is 17.9. The van der Waals surface area contributed by atoms with Gasteiger partial charge in [-0.25, -0.2) is 18.4 Å². The van der Waals surface area contributed by atoms with Crippen LogP contribution in [0.25, 0.3) is 0 Å². The second-order valence-electron chi connectivity index (χ2n) is 14.8. The van der Waals surface area contributed by atoms with Crippen molar-refractivity contribution < 1.29 is 68.1 Å². The second-order valence-corrected chi connectivity index (χ2v) is 14.8. The van der Waals surface area contributed by atoms with Gasteiger partial charge in [0.2, 0.25) is 0 Å². The molecule has 0 bridgehead atoms. The molecule has 2 fully saturated rings. The predicted octanol–water partition coefficient (Wildman–Crippen LogP) is 3.53. The third-order valence-corrected chi connectivity index (χ3v) is 11.3. The molecule has 4 aliphatic rings. The maximum absolute atomic E-state index is 13.4. The number of furan rings is 2.